The summed E-state index contributed by atoms with van der Waals surface area (Å²) in [5, 5.41) is 0. The summed E-state index contributed by atoms with van der Waals surface area (Å²) in [6.07, 6.45) is 17.4. The quantitative estimate of drug-likeness (QED) is 0.243. The van der Waals surface area contributed by atoms with Gasteiger partial charge in [-0.3, -0.25) is 9.59 Å². The fourth-order valence-corrected chi connectivity index (χ4v) is 3.20. The highest BCUT2D eigenvalue weighted by Gasteiger charge is 2.13. The van der Waals surface area contributed by atoms with E-state index in [1.165, 1.54) is 64.2 Å². The highest BCUT2D eigenvalue weighted by Crippen LogP contribution is 2.10. The first-order valence-corrected chi connectivity index (χ1v) is 11.4. The second-order valence-electron chi connectivity index (χ2n) is 6.82. The van der Waals surface area contributed by atoms with Crippen molar-refractivity contribution in [3.63, 3.8) is 0 Å². The summed E-state index contributed by atoms with van der Waals surface area (Å²) in [7, 11) is 0. The van der Waals surface area contributed by atoms with Gasteiger partial charge in [-0.2, -0.15) is 0 Å². The van der Waals surface area contributed by atoms with Crippen molar-refractivity contribution in [3.05, 3.63) is 0 Å². The van der Waals surface area contributed by atoms with Crippen LogP contribution in [0.4, 0.5) is 0 Å². The van der Waals surface area contributed by atoms with Crippen LogP contribution in [0.25, 0.3) is 0 Å². The van der Waals surface area contributed by atoms with Crippen LogP contribution in [0.5, 0.6) is 0 Å². The first-order valence-electron chi connectivity index (χ1n) is 10.4. The Morgan fingerprint density at radius 1 is 0.577 bits per heavy atom. The van der Waals surface area contributed by atoms with E-state index in [-0.39, 0.29) is 17.4 Å². The second-order valence-corrected chi connectivity index (χ2v) is 7.48. The minimum Gasteiger partial charge on any atom is -0.589 e. The van der Waals surface area contributed by atoms with Crippen LogP contribution in [-0.4, -0.2) is 33.3 Å². The molecule has 0 rings (SSSR count). The van der Waals surface area contributed by atoms with Gasteiger partial charge in [0.1, 0.15) is 0 Å². The number of rotatable bonds is 18. The predicted octanol–water partition coefficient (Wildman–Crippen LogP) is 5.06. The lowest BCUT2D eigenvalue weighted by Gasteiger charge is -2.06. The predicted molar refractivity (Wildman–Crippen MR) is 107 cm³/mol. The molecule has 26 heavy (non-hydrogen) atoms. The van der Waals surface area contributed by atoms with E-state index in [1.54, 1.807) is 0 Å². The van der Waals surface area contributed by atoms with E-state index in [9.17, 15) is 9.59 Å². The van der Waals surface area contributed by atoms with Crippen molar-refractivity contribution in [2.45, 2.75) is 117 Å². The number of carbonyl (C=O) groups excluding carboxylic acids is 2. The lowest BCUT2D eigenvalue weighted by Crippen LogP contribution is -2.15. The molecule has 0 amide bonds. The van der Waals surface area contributed by atoms with Crippen molar-refractivity contribution in [2.75, 3.05) is 0 Å². The monoisotopic (exact) mass is 387 g/mol. The average Bonchev–Trinajstić information content (AvgIpc) is 2.60. The minimum atomic E-state index is -0.983. The van der Waals surface area contributed by atoms with Crippen LogP contribution in [0.3, 0.4) is 0 Å². The van der Waals surface area contributed by atoms with Crippen LogP contribution in [0.15, 0.2) is 0 Å². The fourth-order valence-electron chi connectivity index (χ4n) is 2.70. The lowest BCUT2D eigenvalue weighted by molar-refractivity contribution is -0.139. The maximum atomic E-state index is 11.6. The Hall–Kier alpha value is -0.568. The molecule has 0 fully saturated rings. The van der Waals surface area contributed by atoms with Crippen LogP contribution in [-0.2, 0) is 17.2 Å². The van der Waals surface area contributed by atoms with Gasteiger partial charge in [-0.25, -0.2) is 0 Å². The van der Waals surface area contributed by atoms with E-state index >= 15 is 0 Å². The Kier molecular flexibility index (Phi) is 23.9. The zero-order chi connectivity index (χ0) is 18.6. The summed E-state index contributed by atoms with van der Waals surface area (Å²) >= 11 is -0.983. The topological polar surface area (TPSA) is 84.1 Å². The van der Waals surface area contributed by atoms with Crippen LogP contribution in [0.2, 0.25) is 0 Å². The van der Waals surface area contributed by atoms with Gasteiger partial charge in [0.15, 0.2) is 0 Å². The maximum Gasteiger partial charge on any atom is 0.885 e. The molecule has 0 saturated heterocycles. The van der Waals surface area contributed by atoms with Gasteiger partial charge in [0, 0.05) is 12.8 Å². The summed E-state index contributed by atoms with van der Waals surface area (Å²) in [4.78, 5) is 23.1. The van der Waals surface area contributed by atoms with E-state index < -0.39 is 15.9 Å². The zero-order valence-corrected chi connectivity index (χ0v) is 18.2. The minimum absolute atomic E-state index is 0. The molecule has 0 atom stereocenters. The summed E-state index contributed by atoms with van der Waals surface area (Å²) in [6, 6.07) is 0. The van der Waals surface area contributed by atoms with Gasteiger partial charge < -0.3 is 13.1 Å². The molecule has 2 N–H and O–H groups in total. The largest absolute Gasteiger partial charge is 0.885 e. The maximum absolute atomic E-state index is 11.6. The molecule has 0 unspecified atom stereocenters. The Bertz CT molecular complexity index is 293. The van der Waals surface area contributed by atoms with Crippen molar-refractivity contribution < 1.29 is 22.6 Å². The molecule has 0 aliphatic carbocycles. The molecule has 0 aromatic carbocycles. The Morgan fingerprint density at radius 2 is 0.885 bits per heavy atom. The van der Waals surface area contributed by atoms with E-state index in [2.05, 4.69) is 13.8 Å². The number of carbonyl (C=O) groups is 2. The summed E-state index contributed by atoms with van der Waals surface area (Å²) < 4.78 is 10.1. The average molecular weight is 388 g/mol. The molecule has 0 aliphatic rings. The molecule has 0 spiro atoms. The van der Waals surface area contributed by atoms with E-state index in [1.807, 2.05) is 0 Å². The molecular formula is C20H40AlO5. The molecule has 6 heteroatoms. The molecule has 0 aromatic rings. The highest BCUT2D eigenvalue weighted by atomic mass is 27.2. The number of hydrogen-bond acceptors (Lipinski definition) is 4. The SMILES string of the molecule is CCCCCCCCCC(=O)[O][Al][O]C(=O)CCCCCCCCC.O. The smallest absolute Gasteiger partial charge is 0.589 e. The zero-order valence-electron chi connectivity index (χ0n) is 17.0. The van der Waals surface area contributed by atoms with Crippen molar-refractivity contribution in [1.29, 1.82) is 0 Å². The molecule has 0 aliphatic heterocycles. The van der Waals surface area contributed by atoms with Crippen LogP contribution < -0.4 is 0 Å². The van der Waals surface area contributed by atoms with E-state index in [0.29, 0.717) is 12.8 Å². The third-order valence-corrected chi connectivity index (χ3v) is 5.05. The van der Waals surface area contributed by atoms with Crippen molar-refractivity contribution in [3.8, 4) is 0 Å². The Morgan fingerprint density at radius 3 is 1.23 bits per heavy atom. The molecule has 153 valence electrons. The third kappa shape index (κ3) is 21.5. The standard InChI is InChI=1S/2C10H20O2.Al.H2O/c2*1-2-3-4-5-6-7-8-9-10(11)12;;/h2*2-9H2,1H3,(H,11,12);;1H2/q;;+2;/p-2. The van der Waals surface area contributed by atoms with Gasteiger partial charge in [0.2, 0.25) is 0 Å². The van der Waals surface area contributed by atoms with Gasteiger partial charge in [-0.15, -0.1) is 0 Å². The van der Waals surface area contributed by atoms with Crippen molar-refractivity contribution in [1.82, 2.24) is 0 Å². The Labute approximate surface area is 167 Å². The van der Waals surface area contributed by atoms with Crippen molar-refractivity contribution in [2.24, 2.45) is 0 Å². The van der Waals surface area contributed by atoms with E-state index in [0.717, 1.165) is 25.7 Å². The number of unbranched alkanes of at least 4 members (excludes halogenated alkanes) is 12. The summed E-state index contributed by atoms with van der Waals surface area (Å²) in [5.41, 5.74) is 0. The molecule has 5 nitrogen and oxygen atoms in total. The second kappa shape index (κ2) is 22.5. The first-order chi connectivity index (χ1) is 12.2. The van der Waals surface area contributed by atoms with E-state index in [4.69, 9.17) is 7.58 Å². The lowest BCUT2D eigenvalue weighted by atomic mass is 10.1. The third-order valence-electron chi connectivity index (χ3n) is 4.33. The van der Waals surface area contributed by atoms with Gasteiger partial charge >= 0.3 is 15.9 Å². The van der Waals surface area contributed by atoms with Gasteiger partial charge in [0.05, 0.1) is 0 Å². The van der Waals surface area contributed by atoms with Gasteiger partial charge in [-0.05, 0) is 12.8 Å². The van der Waals surface area contributed by atoms with Gasteiger partial charge in [-0.1, -0.05) is 90.9 Å². The van der Waals surface area contributed by atoms with Crippen LogP contribution in [0.1, 0.15) is 117 Å². The number of hydrogen-bond donors (Lipinski definition) is 0. The van der Waals surface area contributed by atoms with Crippen LogP contribution in [0, 0.1) is 0 Å². The highest BCUT2D eigenvalue weighted by molar-refractivity contribution is 6.25. The molecular weight excluding hydrogens is 347 g/mol. The Balaban J connectivity index is 0. The fraction of sp³-hybridized carbons (Fsp3) is 0.900. The molecule has 0 aromatic heterocycles. The van der Waals surface area contributed by atoms with Crippen molar-refractivity contribution >= 4 is 27.8 Å². The molecule has 0 heterocycles. The summed E-state index contributed by atoms with van der Waals surface area (Å²) in [5.74, 6) is -0.459. The molecule has 0 bridgehead atoms. The first kappa shape index (κ1) is 27.6. The normalized spacial score (nSPS) is 10.1. The summed E-state index contributed by atoms with van der Waals surface area (Å²) in [6.45, 7) is 4.42. The molecule has 1 radical (unpaired) electrons. The van der Waals surface area contributed by atoms with Gasteiger partial charge in [0.25, 0.3) is 11.9 Å². The van der Waals surface area contributed by atoms with Crippen LogP contribution >= 0.6 is 0 Å². The molecule has 0 saturated carbocycles.